The lowest BCUT2D eigenvalue weighted by molar-refractivity contribution is -0.138. The molecule has 0 aliphatic carbocycles. The molecule has 46 heavy (non-hydrogen) atoms. The van der Waals surface area contributed by atoms with Crippen LogP contribution in [0.2, 0.25) is 0 Å². The van der Waals surface area contributed by atoms with Crippen LogP contribution in [0.1, 0.15) is 17.5 Å². The van der Waals surface area contributed by atoms with E-state index in [4.69, 9.17) is 28.2 Å². The number of nitrogens with zero attached hydrogens (tertiary/aromatic N) is 9. The largest absolute Gasteiger partial charge is 0.418 e. The molecule has 4 heterocycles. The van der Waals surface area contributed by atoms with Crippen LogP contribution in [0.4, 0.5) is 24.9 Å². The molecule has 5 rings (SSSR count). The van der Waals surface area contributed by atoms with Crippen LogP contribution in [0.5, 0.6) is 0 Å². The van der Waals surface area contributed by atoms with Gasteiger partial charge in [-0.05, 0) is 24.6 Å². The number of anilines is 2. The Balaban J connectivity index is 1.62. The molecule has 1 aromatic carbocycles. The van der Waals surface area contributed by atoms with Crippen LogP contribution in [0.3, 0.4) is 0 Å². The highest BCUT2D eigenvalue weighted by Crippen LogP contribution is 2.36. The Morgan fingerprint density at radius 2 is 1.87 bits per heavy atom. The molecule has 2 aliphatic rings. The van der Waals surface area contributed by atoms with Crippen molar-refractivity contribution in [1.82, 2.24) is 29.5 Å². The number of carbonyl (C=O) groups is 1. The second kappa shape index (κ2) is 13.8. The van der Waals surface area contributed by atoms with E-state index < -0.39 is 29.0 Å². The zero-order valence-corrected chi connectivity index (χ0v) is 26.6. The third-order valence-corrected chi connectivity index (χ3v) is 8.68. The van der Waals surface area contributed by atoms with Gasteiger partial charge in [-0.3, -0.25) is 14.5 Å². The highest BCUT2D eigenvalue weighted by molar-refractivity contribution is 6.18. The fraction of sp³-hybridized carbons (Fsp3) is 0.467. The van der Waals surface area contributed by atoms with Gasteiger partial charge in [-0.15, -0.1) is 23.2 Å². The lowest BCUT2D eigenvalue weighted by Gasteiger charge is -2.45. The first kappa shape index (κ1) is 33.4. The topological polar surface area (TPSA) is 114 Å². The number of piperazine rings is 1. The Hall–Kier alpha value is -3.93. The summed E-state index contributed by atoms with van der Waals surface area (Å²) in [4.78, 5) is 43.4. The van der Waals surface area contributed by atoms with Gasteiger partial charge in [0.1, 0.15) is 11.3 Å². The molecule has 244 valence electrons. The molecule has 3 aromatic rings. The van der Waals surface area contributed by atoms with Crippen molar-refractivity contribution in [2.24, 2.45) is 0 Å². The summed E-state index contributed by atoms with van der Waals surface area (Å²) in [6.45, 7) is 8.00. The predicted molar refractivity (Wildman–Crippen MR) is 170 cm³/mol. The number of aromatic nitrogens is 4. The molecule has 16 heteroatoms. The number of carbonyl (C=O) groups excluding carboxylic acids is 1. The number of benzene rings is 1. The van der Waals surface area contributed by atoms with E-state index >= 15 is 0 Å². The lowest BCUT2D eigenvalue weighted by Crippen LogP contribution is -2.61. The van der Waals surface area contributed by atoms with Crippen molar-refractivity contribution in [2.45, 2.75) is 31.6 Å². The molecule has 2 aliphatic heterocycles. The van der Waals surface area contributed by atoms with E-state index in [-0.39, 0.29) is 53.9 Å². The van der Waals surface area contributed by atoms with Crippen LogP contribution < -0.4 is 15.4 Å². The molecule has 2 saturated heterocycles. The van der Waals surface area contributed by atoms with Crippen LogP contribution >= 0.6 is 23.2 Å². The van der Waals surface area contributed by atoms with Crippen LogP contribution in [0.15, 0.2) is 41.8 Å². The molecule has 0 spiro atoms. The van der Waals surface area contributed by atoms with Gasteiger partial charge in [-0.2, -0.15) is 33.2 Å². The number of nitriles is 1. The fourth-order valence-electron chi connectivity index (χ4n) is 6.03. The van der Waals surface area contributed by atoms with Crippen molar-refractivity contribution in [3.05, 3.63) is 58.5 Å². The average Bonchev–Trinajstić information content (AvgIpc) is 2.99. The SMILES string of the molecule is C=CC(=O)N1CCN(c2nc(N3CC(N(CCCl)CCCl)C3)nc3c(=O)n(-c4cccc(C)c4C(F)(F)F)ncc23)CC1CC#N. The first-order valence-corrected chi connectivity index (χ1v) is 15.7. The summed E-state index contributed by atoms with van der Waals surface area (Å²) in [5.41, 5.74) is -2.37. The number of amides is 1. The summed E-state index contributed by atoms with van der Waals surface area (Å²) in [5.74, 6) is 1.13. The summed E-state index contributed by atoms with van der Waals surface area (Å²) in [6, 6.07) is 5.70. The molecule has 0 saturated carbocycles. The Morgan fingerprint density at radius 3 is 2.50 bits per heavy atom. The van der Waals surface area contributed by atoms with Crippen molar-refractivity contribution in [3.63, 3.8) is 0 Å². The number of fused-ring (bicyclic) bond motifs is 1. The first-order valence-electron chi connectivity index (χ1n) is 14.7. The van der Waals surface area contributed by atoms with Gasteiger partial charge in [-0.25, -0.2) is 4.98 Å². The van der Waals surface area contributed by atoms with E-state index in [2.05, 4.69) is 27.6 Å². The minimum Gasteiger partial charge on any atom is -0.352 e. The van der Waals surface area contributed by atoms with Gasteiger partial charge in [0.05, 0.1) is 41.4 Å². The van der Waals surface area contributed by atoms with E-state index in [0.717, 1.165) is 4.68 Å². The van der Waals surface area contributed by atoms with Crippen molar-refractivity contribution in [3.8, 4) is 11.8 Å². The maximum Gasteiger partial charge on any atom is 0.418 e. The Bertz CT molecular complexity index is 1720. The van der Waals surface area contributed by atoms with Crippen molar-refractivity contribution < 1.29 is 18.0 Å². The minimum atomic E-state index is -4.73. The second-order valence-electron chi connectivity index (χ2n) is 11.1. The minimum absolute atomic E-state index is 0.0510. The van der Waals surface area contributed by atoms with E-state index in [1.807, 2.05) is 9.80 Å². The zero-order chi connectivity index (χ0) is 33.2. The molecule has 1 unspecified atom stereocenters. The Kier molecular flexibility index (Phi) is 10.0. The highest BCUT2D eigenvalue weighted by atomic mass is 35.5. The van der Waals surface area contributed by atoms with Crippen LogP contribution in [-0.4, -0.2) is 105 Å². The summed E-state index contributed by atoms with van der Waals surface area (Å²) in [6.07, 6.45) is -2.19. The monoisotopic (exact) mass is 677 g/mol. The number of halogens is 5. The van der Waals surface area contributed by atoms with E-state index in [1.54, 1.807) is 4.90 Å². The van der Waals surface area contributed by atoms with Gasteiger partial charge < -0.3 is 14.7 Å². The third-order valence-electron chi connectivity index (χ3n) is 8.35. The molecule has 2 aromatic heterocycles. The quantitative estimate of drug-likeness (QED) is 0.235. The van der Waals surface area contributed by atoms with E-state index in [9.17, 15) is 28.0 Å². The molecule has 1 atom stereocenters. The smallest absolute Gasteiger partial charge is 0.352 e. The van der Waals surface area contributed by atoms with Gasteiger partial charge in [0, 0.05) is 63.6 Å². The maximum atomic E-state index is 14.1. The average molecular weight is 679 g/mol. The van der Waals surface area contributed by atoms with Gasteiger partial charge in [-0.1, -0.05) is 18.7 Å². The number of hydrogen-bond acceptors (Lipinski definition) is 9. The van der Waals surface area contributed by atoms with Crippen molar-refractivity contribution in [1.29, 1.82) is 5.26 Å². The maximum absolute atomic E-state index is 14.1. The van der Waals surface area contributed by atoms with Gasteiger partial charge in [0.2, 0.25) is 11.9 Å². The fourth-order valence-corrected chi connectivity index (χ4v) is 6.46. The van der Waals surface area contributed by atoms with E-state index in [1.165, 1.54) is 37.4 Å². The molecule has 1 amide bonds. The summed E-state index contributed by atoms with van der Waals surface area (Å²) in [7, 11) is 0. The predicted octanol–water partition coefficient (Wildman–Crippen LogP) is 3.59. The first-order chi connectivity index (χ1) is 22.0. The standard InChI is InChI=1S/C30H32Cl2F3N9O2/c1-3-24(45)43-14-13-41(16-20(43)7-10-36)27-22-15-37-44(23-6-4-5-19(2)25(23)30(33,34)35)28(46)26(22)38-29(39-27)42-17-21(18-42)40(11-8-31)12-9-32/h3-6,15,20-21H,1,7-9,11-14,16-18H2,2H3. The molecule has 2 fully saturated rings. The molecule has 11 nitrogen and oxygen atoms in total. The normalized spacial score (nSPS) is 17.3. The van der Waals surface area contributed by atoms with Gasteiger partial charge >= 0.3 is 6.18 Å². The number of rotatable bonds is 10. The van der Waals surface area contributed by atoms with Crippen molar-refractivity contribution >= 4 is 51.8 Å². The lowest BCUT2D eigenvalue weighted by atomic mass is 10.1. The molecular weight excluding hydrogens is 646 g/mol. The van der Waals surface area contributed by atoms with Crippen LogP contribution in [-0.2, 0) is 11.0 Å². The zero-order valence-electron chi connectivity index (χ0n) is 25.1. The van der Waals surface area contributed by atoms with Gasteiger partial charge in [0.15, 0.2) is 0 Å². The van der Waals surface area contributed by atoms with E-state index in [0.29, 0.717) is 50.3 Å². The molecular formula is C30H32Cl2F3N9O2. The molecule has 0 bridgehead atoms. The number of alkyl halides is 5. The van der Waals surface area contributed by atoms with Gasteiger partial charge in [0.25, 0.3) is 5.56 Å². The molecule has 0 N–H and O–H groups in total. The number of aryl methyl sites for hydroxylation is 1. The van der Waals surface area contributed by atoms with Crippen LogP contribution in [0.25, 0.3) is 16.6 Å². The summed E-state index contributed by atoms with van der Waals surface area (Å²) >= 11 is 12.0. The van der Waals surface area contributed by atoms with Crippen LogP contribution in [0, 0.1) is 18.3 Å². The molecule has 0 radical (unpaired) electrons. The Labute approximate surface area is 273 Å². The highest BCUT2D eigenvalue weighted by Gasteiger charge is 2.38. The van der Waals surface area contributed by atoms with Crippen molar-refractivity contribution in [2.75, 3.05) is 67.4 Å². The second-order valence-corrected chi connectivity index (χ2v) is 11.9. The number of hydrogen-bond donors (Lipinski definition) is 0. The Morgan fingerprint density at radius 1 is 1.15 bits per heavy atom. The summed E-state index contributed by atoms with van der Waals surface area (Å²) in [5, 5.41) is 13.9. The summed E-state index contributed by atoms with van der Waals surface area (Å²) < 4.78 is 43.1. The third kappa shape index (κ3) is 6.49.